The first kappa shape index (κ1) is 37.3. The Morgan fingerprint density at radius 3 is 2.17 bits per heavy atom. The van der Waals surface area contributed by atoms with Crippen molar-refractivity contribution in [2.75, 3.05) is 19.4 Å². The average molecular weight is 711 g/mol. The zero-order valence-corrected chi connectivity index (χ0v) is 28.6. The lowest BCUT2D eigenvalue weighted by Gasteiger charge is -2.25. The molecule has 0 radical (unpaired) electrons. The molecule has 2 amide bonds. The Labute approximate surface area is 299 Å². The SMILES string of the molecule is CN(C)C(=O)c1cc(CCCC(=O)Oc2ccc(C(=O)OCc3ccccc3)cc2)ccc1NC(=O)C1C=CC=CC1c1ccc(C(F)(F)F)cc1. The number of carbonyl (C=O) groups is 4. The van der Waals surface area contributed by atoms with Gasteiger partial charge in [-0.25, -0.2) is 4.79 Å². The minimum absolute atomic E-state index is 0.0865. The number of nitrogens with zero attached hydrogens (tertiary/aromatic N) is 1. The largest absolute Gasteiger partial charge is 0.457 e. The third kappa shape index (κ3) is 9.84. The monoisotopic (exact) mass is 710 g/mol. The number of esters is 2. The topological polar surface area (TPSA) is 102 Å². The number of benzene rings is 4. The summed E-state index contributed by atoms with van der Waals surface area (Å²) in [6, 6.07) is 25.2. The van der Waals surface area contributed by atoms with Crippen LogP contribution in [0.15, 0.2) is 121 Å². The molecule has 1 aliphatic carbocycles. The number of alkyl halides is 3. The van der Waals surface area contributed by atoms with Crippen molar-refractivity contribution in [2.24, 2.45) is 5.92 Å². The van der Waals surface area contributed by atoms with E-state index in [-0.39, 0.29) is 35.9 Å². The van der Waals surface area contributed by atoms with E-state index in [1.807, 2.05) is 30.3 Å². The van der Waals surface area contributed by atoms with Gasteiger partial charge in [0, 0.05) is 26.4 Å². The minimum Gasteiger partial charge on any atom is -0.457 e. The summed E-state index contributed by atoms with van der Waals surface area (Å²) < 4.78 is 50.1. The van der Waals surface area contributed by atoms with Crippen LogP contribution in [0.4, 0.5) is 18.9 Å². The zero-order valence-electron chi connectivity index (χ0n) is 28.6. The molecule has 1 N–H and O–H groups in total. The smallest absolute Gasteiger partial charge is 0.416 e. The molecule has 52 heavy (non-hydrogen) atoms. The summed E-state index contributed by atoms with van der Waals surface area (Å²) in [5.74, 6) is -2.70. The number of ether oxygens (including phenoxy) is 2. The van der Waals surface area contributed by atoms with Gasteiger partial charge < -0.3 is 19.7 Å². The highest BCUT2D eigenvalue weighted by atomic mass is 19.4. The van der Waals surface area contributed by atoms with E-state index >= 15 is 0 Å². The van der Waals surface area contributed by atoms with Gasteiger partial charge in [0.15, 0.2) is 0 Å². The lowest BCUT2D eigenvalue weighted by Crippen LogP contribution is -2.29. The maximum atomic E-state index is 13.6. The normalized spacial score (nSPS) is 15.1. The van der Waals surface area contributed by atoms with Crippen LogP contribution in [0.5, 0.6) is 5.75 Å². The molecule has 2 unspecified atom stereocenters. The Morgan fingerprint density at radius 1 is 0.808 bits per heavy atom. The van der Waals surface area contributed by atoms with Crippen LogP contribution in [0.3, 0.4) is 0 Å². The second kappa shape index (κ2) is 16.8. The van der Waals surface area contributed by atoms with Gasteiger partial charge >= 0.3 is 18.1 Å². The van der Waals surface area contributed by atoms with E-state index in [2.05, 4.69) is 5.32 Å². The van der Waals surface area contributed by atoms with Gasteiger partial charge in [0.25, 0.3) is 5.91 Å². The highest BCUT2D eigenvalue weighted by Gasteiger charge is 2.32. The maximum Gasteiger partial charge on any atom is 0.416 e. The Bertz CT molecular complexity index is 1950. The van der Waals surface area contributed by atoms with Gasteiger partial charge in [-0.1, -0.05) is 72.8 Å². The summed E-state index contributed by atoms with van der Waals surface area (Å²) in [4.78, 5) is 53.1. The summed E-state index contributed by atoms with van der Waals surface area (Å²) in [6.07, 6.45) is 3.33. The van der Waals surface area contributed by atoms with Crippen LogP contribution >= 0.6 is 0 Å². The van der Waals surface area contributed by atoms with Crippen molar-refractivity contribution in [2.45, 2.75) is 38.0 Å². The number of nitrogens with one attached hydrogen (secondary N) is 1. The number of hydrogen-bond donors (Lipinski definition) is 1. The summed E-state index contributed by atoms with van der Waals surface area (Å²) >= 11 is 0. The van der Waals surface area contributed by atoms with Gasteiger partial charge in [-0.15, -0.1) is 0 Å². The van der Waals surface area contributed by atoms with Crippen LogP contribution in [0.2, 0.25) is 0 Å². The molecule has 0 fully saturated rings. The van der Waals surface area contributed by atoms with E-state index in [0.717, 1.165) is 23.3 Å². The standard InChI is InChI=1S/C41H37F3N2O6/c1-46(2)39(49)35-25-27(11-8-14-37(47)52-32-22-18-30(19-23-32)40(50)51-26-28-9-4-3-5-10-28)15-24-36(35)45-38(48)34-13-7-6-12-33(34)29-16-20-31(21-17-29)41(42,43)44/h3-7,9-10,12-13,15-25,33-34H,8,11,14,26H2,1-2H3,(H,45,48). The maximum absolute atomic E-state index is 13.6. The summed E-state index contributed by atoms with van der Waals surface area (Å²) in [6.45, 7) is 0.142. The summed E-state index contributed by atoms with van der Waals surface area (Å²) in [7, 11) is 3.18. The predicted octanol–water partition coefficient (Wildman–Crippen LogP) is 8.16. The molecule has 1 aliphatic rings. The Hall–Kier alpha value is -5.97. The highest BCUT2D eigenvalue weighted by molar-refractivity contribution is 6.04. The first-order valence-electron chi connectivity index (χ1n) is 16.6. The van der Waals surface area contributed by atoms with Gasteiger partial charge in [0.2, 0.25) is 5.91 Å². The van der Waals surface area contributed by atoms with Crippen molar-refractivity contribution < 1.29 is 41.8 Å². The molecular weight excluding hydrogens is 673 g/mol. The number of allylic oxidation sites excluding steroid dienone is 3. The number of hydrogen-bond acceptors (Lipinski definition) is 6. The third-order valence-corrected chi connectivity index (χ3v) is 8.42. The van der Waals surface area contributed by atoms with Crippen molar-refractivity contribution in [3.63, 3.8) is 0 Å². The molecule has 0 aliphatic heterocycles. The summed E-state index contributed by atoms with van der Waals surface area (Å²) in [5.41, 5.74) is 2.26. The van der Waals surface area contributed by atoms with Crippen LogP contribution in [0.1, 0.15) is 61.7 Å². The van der Waals surface area contributed by atoms with E-state index in [1.54, 1.807) is 56.6 Å². The van der Waals surface area contributed by atoms with Crippen molar-refractivity contribution in [1.29, 1.82) is 0 Å². The molecule has 4 aromatic carbocycles. The molecule has 5 rings (SSSR count). The number of aryl methyl sites for hydroxylation is 1. The lowest BCUT2D eigenvalue weighted by molar-refractivity contribution is -0.137. The quantitative estimate of drug-likeness (QED) is 0.118. The van der Waals surface area contributed by atoms with Gasteiger partial charge in [-0.2, -0.15) is 13.2 Å². The molecule has 8 nitrogen and oxygen atoms in total. The molecule has 0 saturated carbocycles. The number of anilines is 1. The molecule has 0 bridgehead atoms. The predicted molar refractivity (Wildman–Crippen MR) is 190 cm³/mol. The molecule has 0 spiro atoms. The summed E-state index contributed by atoms with van der Waals surface area (Å²) in [5, 5.41) is 2.85. The first-order chi connectivity index (χ1) is 24.9. The van der Waals surface area contributed by atoms with Crippen LogP contribution in [0, 0.1) is 5.92 Å². The van der Waals surface area contributed by atoms with E-state index in [1.165, 1.54) is 41.3 Å². The van der Waals surface area contributed by atoms with E-state index in [4.69, 9.17) is 9.47 Å². The van der Waals surface area contributed by atoms with E-state index in [0.29, 0.717) is 24.0 Å². The fourth-order valence-electron chi connectivity index (χ4n) is 5.65. The average Bonchev–Trinajstić information content (AvgIpc) is 3.14. The second-order valence-electron chi connectivity index (χ2n) is 12.4. The molecular formula is C41H37F3N2O6. The molecule has 0 aromatic heterocycles. The molecule has 4 aromatic rings. The van der Waals surface area contributed by atoms with E-state index in [9.17, 15) is 32.3 Å². The number of rotatable bonds is 12. The first-order valence-corrected chi connectivity index (χ1v) is 16.6. The van der Waals surface area contributed by atoms with Crippen LogP contribution in [-0.4, -0.2) is 42.7 Å². The molecule has 11 heteroatoms. The van der Waals surface area contributed by atoms with Crippen molar-refractivity contribution in [1.82, 2.24) is 4.90 Å². The van der Waals surface area contributed by atoms with Gasteiger partial charge in [0.1, 0.15) is 12.4 Å². The van der Waals surface area contributed by atoms with Gasteiger partial charge in [-0.3, -0.25) is 14.4 Å². The number of carbonyl (C=O) groups excluding carboxylic acids is 4. The van der Waals surface area contributed by atoms with E-state index < -0.39 is 41.4 Å². The van der Waals surface area contributed by atoms with Crippen LogP contribution in [-0.2, 0) is 33.5 Å². The molecule has 2 atom stereocenters. The second-order valence-corrected chi connectivity index (χ2v) is 12.4. The zero-order chi connectivity index (χ0) is 37.3. The third-order valence-electron chi connectivity index (χ3n) is 8.42. The van der Waals surface area contributed by atoms with Crippen molar-refractivity contribution >= 4 is 29.4 Å². The van der Waals surface area contributed by atoms with Crippen LogP contribution < -0.4 is 10.1 Å². The fraction of sp³-hybridized carbons (Fsp3) is 0.220. The highest BCUT2D eigenvalue weighted by Crippen LogP contribution is 2.35. The van der Waals surface area contributed by atoms with Crippen molar-refractivity contribution in [3.8, 4) is 5.75 Å². The molecule has 268 valence electrons. The Balaban J connectivity index is 1.17. The minimum atomic E-state index is -4.47. The lowest BCUT2D eigenvalue weighted by atomic mass is 9.82. The van der Waals surface area contributed by atoms with Crippen molar-refractivity contribution in [3.05, 3.63) is 155 Å². The molecule has 0 saturated heterocycles. The van der Waals surface area contributed by atoms with Gasteiger partial charge in [0.05, 0.1) is 28.3 Å². The number of halogens is 3. The Kier molecular flexibility index (Phi) is 12.1. The van der Waals surface area contributed by atoms with Gasteiger partial charge in [-0.05, 0) is 78.1 Å². The number of amides is 2. The molecule has 0 heterocycles. The fourth-order valence-corrected chi connectivity index (χ4v) is 5.65. The Morgan fingerprint density at radius 2 is 1.50 bits per heavy atom. The van der Waals surface area contributed by atoms with Crippen LogP contribution in [0.25, 0.3) is 0 Å².